The monoisotopic (exact) mass is 240 g/mol. The lowest BCUT2D eigenvalue weighted by atomic mass is 10.4. The van der Waals surface area contributed by atoms with Crippen LogP contribution in [0.1, 0.15) is 13.3 Å². The zero-order valence-corrected chi connectivity index (χ0v) is 9.64. The second-order valence-electron chi connectivity index (χ2n) is 3.55. The van der Waals surface area contributed by atoms with E-state index >= 15 is 0 Å². The topological polar surface area (TPSA) is 96.3 Å². The summed E-state index contributed by atoms with van der Waals surface area (Å²) >= 11 is 0. The Balaban J connectivity index is 2.38. The summed E-state index contributed by atoms with van der Waals surface area (Å²) in [7, 11) is 0. The van der Waals surface area contributed by atoms with Crippen LogP contribution in [0.25, 0.3) is 0 Å². The van der Waals surface area contributed by atoms with Crippen LogP contribution in [0.4, 0.5) is 5.69 Å². The Labute approximate surface area is 98.8 Å². The van der Waals surface area contributed by atoms with Crippen molar-refractivity contribution in [1.82, 2.24) is 15.1 Å². The third kappa shape index (κ3) is 5.12. The average molecular weight is 240 g/mol. The number of aliphatic carboxylic acids is 1. The molecule has 0 unspecified atom stereocenters. The van der Waals surface area contributed by atoms with Gasteiger partial charge in [-0.2, -0.15) is 5.10 Å². The molecule has 1 aromatic rings. The minimum atomic E-state index is -0.976. The van der Waals surface area contributed by atoms with Crippen molar-refractivity contribution in [2.45, 2.75) is 19.9 Å². The molecule has 7 heteroatoms. The Hall–Kier alpha value is -1.89. The Bertz CT molecular complexity index is 389. The number of carboxylic acid groups (broad SMARTS) is 1. The minimum Gasteiger partial charge on any atom is -0.480 e. The van der Waals surface area contributed by atoms with Crippen LogP contribution < -0.4 is 10.6 Å². The average Bonchev–Trinajstić information content (AvgIpc) is 2.64. The van der Waals surface area contributed by atoms with E-state index in [1.807, 2.05) is 6.92 Å². The highest BCUT2D eigenvalue weighted by Gasteiger charge is 2.05. The first-order valence-corrected chi connectivity index (χ1v) is 5.36. The summed E-state index contributed by atoms with van der Waals surface area (Å²) in [6, 6.07) is 0. The summed E-state index contributed by atoms with van der Waals surface area (Å²) in [4.78, 5) is 21.8. The van der Waals surface area contributed by atoms with E-state index in [0.29, 0.717) is 5.69 Å². The van der Waals surface area contributed by atoms with Crippen LogP contribution in [0.3, 0.4) is 0 Å². The number of anilines is 1. The van der Waals surface area contributed by atoms with Crippen LogP contribution in [0.15, 0.2) is 12.4 Å². The molecule has 0 atom stereocenters. The number of nitrogens with zero attached hydrogens (tertiary/aromatic N) is 2. The molecule has 0 spiro atoms. The lowest BCUT2D eigenvalue weighted by molar-refractivity contribution is -0.137. The number of carbonyl (C=O) groups is 2. The van der Waals surface area contributed by atoms with E-state index < -0.39 is 5.97 Å². The van der Waals surface area contributed by atoms with Crippen molar-refractivity contribution < 1.29 is 14.7 Å². The summed E-state index contributed by atoms with van der Waals surface area (Å²) in [6.07, 6.45) is 3.86. The van der Waals surface area contributed by atoms with Gasteiger partial charge in [0.05, 0.1) is 18.4 Å². The van der Waals surface area contributed by atoms with Crippen molar-refractivity contribution in [3.05, 3.63) is 12.4 Å². The number of rotatable bonds is 7. The van der Waals surface area contributed by atoms with E-state index in [9.17, 15) is 9.59 Å². The highest BCUT2D eigenvalue weighted by molar-refractivity contribution is 5.91. The van der Waals surface area contributed by atoms with Gasteiger partial charge in [-0.1, -0.05) is 6.92 Å². The number of nitrogens with one attached hydrogen (secondary N) is 2. The highest BCUT2D eigenvalue weighted by Crippen LogP contribution is 2.03. The molecule has 1 rings (SSSR count). The molecule has 0 aliphatic carbocycles. The lowest BCUT2D eigenvalue weighted by Gasteiger charge is -2.03. The van der Waals surface area contributed by atoms with Gasteiger partial charge in [-0.15, -0.1) is 0 Å². The predicted octanol–water partition coefficient (Wildman–Crippen LogP) is -0.0942. The maximum absolute atomic E-state index is 11.4. The molecule has 7 nitrogen and oxygen atoms in total. The van der Waals surface area contributed by atoms with Crippen LogP contribution in [0.5, 0.6) is 0 Å². The molecule has 0 saturated heterocycles. The number of hydrogen-bond donors (Lipinski definition) is 3. The van der Waals surface area contributed by atoms with Crippen LogP contribution in [0.2, 0.25) is 0 Å². The van der Waals surface area contributed by atoms with Crippen LogP contribution >= 0.6 is 0 Å². The number of hydrogen-bond acceptors (Lipinski definition) is 4. The van der Waals surface area contributed by atoms with E-state index in [2.05, 4.69) is 15.7 Å². The lowest BCUT2D eigenvalue weighted by Crippen LogP contribution is -2.28. The second-order valence-corrected chi connectivity index (χ2v) is 3.55. The van der Waals surface area contributed by atoms with Gasteiger partial charge in [-0.05, 0) is 13.0 Å². The fourth-order valence-electron chi connectivity index (χ4n) is 1.24. The molecule has 0 aromatic carbocycles. The molecule has 0 saturated carbocycles. The summed E-state index contributed by atoms with van der Waals surface area (Å²) in [5, 5.41) is 17.9. The fourth-order valence-corrected chi connectivity index (χ4v) is 1.24. The van der Waals surface area contributed by atoms with Gasteiger partial charge in [0.1, 0.15) is 6.54 Å². The van der Waals surface area contributed by atoms with Crippen molar-refractivity contribution in [3.8, 4) is 0 Å². The molecule has 3 N–H and O–H groups in total. The van der Waals surface area contributed by atoms with Gasteiger partial charge in [0.15, 0.2) is 0 Å². The minimum absolute atomic E-state index is 0.173. The standard InChI is InChI=1S/C10H16N4O3/c1-2-3-11-5-9(15)13-8-4-12-14(6-8)7-10(16)17/h4,6,11H,2-3,5,7H2,1H3,(H,13,15)(H,16,17). The Morgan fingerprint density at radius 3 is 2.94 bits per heavy atom. The number of aromatic nitrogens is 2. The van der Waals surface area contributed by atoms with Crippen LogP contribution in [-0.2, 0) is 16.1 Å². The fraction of sp³-hybridized carbons (Fsp3) is 0.500. The zero-order chi connectivity index (χ0) is 12.7. The Morgan fingerprint density at radius 1 is 1.53 bits per heavy atom. The van der Waals surface area contributed by atoms with Gasteiger partial charge in [0.2, 0.25) is 5.91 Å². The van der Waals surface area contributed by atoms with E-state index in [0.717, 1.165) is 13.0 Å². The van der Waals surface area contributed by atoms with Gasteiger partial charge >= 0.3 is 5.97 Å². The summed E-state index contributed by atoms with van der Waals surface area (Å²) in [5.41, 5.74) is 0.495. The zero-order valence-electron chi connectivity index (χ0n) is 9.64. The van der Waals surface area contributed by atoms with Crippen molar-refractivity contribution in [2.75, 3.05) is 18.4 Å². The van der Waals surface area contributed by atoms with Crippen molar-refractivity contribution in [2.24, 2.45) is 0 Å². The summed E-state index contributed by atoms with van der Waals surface area (Å²) in [5.74, 6) is -1.15. The van der Waals surface area contributed by atoms with E-state index in [-0.39, 0.29) is 19.0 Å². The first-order chi connectivity index (χ1) is 8.11. The summed E-state index contributed by atoms with van der Waals surface area (Å²) < 4.78 is 1.25. The molecule has 1 aromatic heterocycles. The largest absolute Gasteiger partial charge is 0.480 e. The third-order valence-corrected chi connectivity index (χ3v) is 1.93. The second kappa shape index (κ2) is 6.64. The number of carbonyl (C=O) groups excluding carboxylic acids is 1. The number of carboxylic acids is 1. The van der Waals surface area contributed by atoms with Gasteiger partial charge < -0.3 is 15.7 Å². The molecule has 17 heavy (non-hydrogen) atoms. The van der Waals surface area contributed by atoms with E-state index in [1.54, 1.807) is 0 Å². The molecule has 0 aliphatic heterocycles. The van der Waals surface area contributed by atoms with Crippen molar-refractivity contribution in [3.63, 3.8) is 0 Å². The van der Waals surface area contributed by atoms with Gasteiger partial charge in [-0.3, -0.25) is 14.3 Å². The Kier molecular flexibility index (Phi) is 5.15. The molecule has 1 amide bonds. The smallest absolute Gasteiger partial charge is 0.325 e. The first-order valence-electron chi connectivity index (χ1n) is 5.36. The molecule has 0 fully saturated rings. The van der Waals surface area contributed by atoms with Crippen molar-refractivity contribution in [1.29, 1.82) is 0 Å². The van der Waals surface area contributed by atoms with E-state index in [4.69, 9.17) is 5.11 Å². The molecule has 0 radical (unpaired) electrons. The predicted molar refractivity (Wildman–Crippen MR) is 61.7 cm³/mol. The van der Waals surface area contributed by atoms with Gasteiger partial charge in [-0.25, -0.2) is 0 Å². The number of amides is 1. The van der Waals surface area contributed by atoms with Crippen molar-refractivity contribution >= 4 is 17.6 Å². The maximum Gasteiger partial charge on any atom is 0.325 e. The maximum atomic E-state index is 11.4. The SMILES string of the molecule is CCCNCC(=O)Nc1cnn(CC(=O)O)c1. The van der Waals surface area contributed by atoms with Crippen LogP contribution in [0, 0.1) is 0 Å². The molecule has 94 valence electrons. The molecular weight excluding hydrogens is 224 g/mol. The highest BCUT2D eigenvalue weighted by atomic mass is 16.4. The molecular formula is C10H16N4O3. The quantitative estimate of drug-likeness (QED) is 0.579. The third-order valence-electron chi connectivity index (χ3n) is 1.93. The Morgan fingerprint density at radius 2 is 2.29 bits per heavy atom. The van der Waals surface area contributed by atoms with Gasteiger partial charge in [0, 0.05) is 6.20 Å². The van der Waals surface area contributed by atoms with Gasteiger partial charge in [0.25, 0.3) is 0 Å². The van der Waals surface area contributed by atoms with E-state index in [1.165, 1.54) is 17.1 Å². The molecule has 1 heterocycles. The summed E-state index contributed by atoms with van der Waals surface area (Å²) in [6.45, 7) is 2.81. The molecule has 0 aliphatic rings. The van der Waals surface area contributed by atoms with Crippen LogP contribution in [-0.4, -0.2) is 39.9 Å². The molecule has 0 bridgehead atoms. The normalized spacial score (nSPS) is 10.2. The first kappa shape index (κ1) is 13.2.